The number of benzene rings is 2. The lowest BCUT2D eigenvalue weighted by Crippen LogP contribution is -1.84. The lowest BCUT2D eigenvalue weighted by Gasteiger charge is -2.08. The molecule has 3 nitrogen and oxygen atoms in total. The monoisotopic (exact) mass is 216 g/mol. The zero-order chi connectivity index (χ0) is 11.5. The summed E-state index contributed by atoms with van der Waals surface area (Å²) in [5.74, 6) is 0.779. The van der Waals surface area contributed by atoms with Gasteiger partial charge in [-0.1, -0.05) is 18.2 Å². The van der Waals surface area contributed by atoms with E-state index in [9.17, 15) is 10.2 Å². The van der Waals surface area contributed by atoms with Gasteiger partial charge in [0.2, 0.25) is 0 Å². The van der Waals surface area contributed by atoms with Gasteiger partial charge in [-0.3, -0.25) is 0 Å². The van der Waals surface area contributed by atoms with Crippen LogP contribution in [-0.4, -0.2) is 17.3 Å². The molecule has 2 rings (SSSR count). The van der Waals surface area contributed by atoms with E-state index in [2.05, 4.69) is 0 Å². The Bertz CT molecular complexity index is 486. The second kappa shape index (κ2) is 4.14. The van der Waals surface area contributed by atoms with Gasteiger partial charge < -0.3 is 14.9 Å². The maximum absolute atomic E-state index is 9.71. The number of methoxy groups -OCH3 is 1. The van der Waals surface area contributed by atoms with Crippen molar-refractivity contribution in [1.82, 2.24) is 0 Å². The van der Waals surface area contributed by atoms with Gasteiger partial charge in [0.05, 0.1) is 12.7 Å². The zero-order valence-electron chi connectivity index (χ0n) is 8.84. The topological polar surface area (TPSA) is 49.7 Å². The Morgan fingerprint density at radius 3 is 2.19 bits per heavy atom. The van der Waals surface area contributed by atoms with Gasteiger partial charge in [0, 0.05) is 0 Å². The molecule has 82 valence electrons. The molecular formula is C13H12O3. The number of rotatable bonds is 2. The molecule has 0 saturated carbocycles. The third kappa shape index (κ3) is 1.80. The van der Waals surface area contributed by atoms with Crippen molar-refractivity contribution < 1.29 is 14.9 Å². The minimum absolute atomic E-state index is 0.0493. The predicted molar refractivity (Wildman–Crippen MR) is 61.8 cm³/mol. The molecule has 2 aromatic carbocycles. The Hall–Kier alpha value is -2.16. The van der Waals surface area contributed by atoms with Gasteiger partial charge in [0.1, 0.15) is 17.2 Å². The van der Waals surface area contributed by atoms with E-state index in [0.29, 0.717) is 11.3 Å². The average molecular weight is 216 g/mol. The summed E-state index contributed by atoms with van der Waals surface area (Å²) in [4.78, 5) is 0. The molecular weight excluding hydrogens is 204 g/mol. The van der Waals surface area contributed by atoms with E-state index in [1.165, 1.54) is 12.1 Å². The van der Waals surface area contributed by atoms with Gasteiger partial charge in [0.25, 0.3) is 0 Å². The van der Waals surface area contributed by atoms with Crippen LogP contribution in [0.1, 0.15) is 0 Å². The maximum Gasteiger partial charge on any atom is 0.127 e. The van der Waals surface area contributed by atoms with Crippen LogP contribution in [0.4, 0.5) is 0 Å². The molecule has 2 N–H and O–H groups in total. The van der Waals surface area contributed by atoms with E-state index >= 15 is 0 Å². The Morgan fingerprint density at radius 2 is 1.56 bits per heavy atom. The minimum Gasteiger partial charge on any atom is -0.507 e. The normalized spacial score (nSPS) is 10.1. The molecule has 16 heavy (non-hydrogen) atoms. The Morgan fingerprint density at radius 1 is 0.938 bits per heavy atom. The van der Waals surface area contributed by atoms with E-state index in [0.717, 1.165) is 5.56 Å². The average Bonchev–Trinajstić information content (AvgIpc) is 2.29. The highest BCUT2D eigenvalue weighted by atomic mass is 16.5. The fourth-order valence-corrected chi connectivity index (χ4v) is 1.60. The second-order valence-corrected chi connectivity index (χ2v) is 3.40. The number of hydrogen-bond acceptors (Lipinski definition) is 3. The first-order chi connectivity index (χ1) is 7.72. The Kier molecular flexibility index (Phi) is 2.68. The van der Waals surface area contributed by atoms with Crippen molar-refractivity contribution in [2.45, 2.75) is 0 Å². The quantitative estimate of drug-likeness (QED) is 0.811. The molecule has 0 heterocycles. The number of ether oxygens (including phenoxy) is 1. The number of phenolic OH excluding ortho intramolecular Hbond substituents is 2. The van der Waals surface area contributed by atoms with Gasteiger partial charge >= 0.3 is 0 Å². The van der Waals surface area contributed by atoms with Crippen LogP contribution in [0.15, 0.2) is 42.5 Å². The van der Waals surface area contributed by atoms with E-state index in [1.807, 2.05) is 0 Å². The first-order valence-electron chi connectivity index (χ1n) is 4.87. The van der Waals surface area contributed by atoms with Crippen LogP contribution in [0.25, 0.3) is 11.1 Å². The Balaban J connectivity index is 2.58. The van der Waals surface area contributed by atoms with Gasteiger partial charge in [-0.15, -0.1) is 0 Å². The minimum atomic E-state index is 0.0493. The van der Waals surface area contributed by atoms with E-state index in [4.69, 9.17) is 4.74 Å². The second-order valence-electron chi connectivity index (χ2n) is 3.40. The summed E-state index contributed by atoms with van der Waals surface area (Å²) < 4.78 is 5.09. The summed E-state index contributed by atoms with van der Waals surface area (Å²) in [5, 5.41) is 19.4. The summed E-state index contributed by atoms with van der Waals surface area (Å²) >= 11 is 0. The summed E-state index contributed by atoms with van der Waals surface area (Å²) in [7, 11) is 1.57. The molecule has 0 amide bonds. The van der Waals surface area contributed by atoms with Gasteiger partial charge in [-0.25, -0.2) is 0 Å². The van der Waals surface area contributed by atoms with Crippen molar-refractivity contribution in [3.05, 3.63) is 42.5 Å². The highest BCUT2D eigenvalue weighted by Gasteiger charge is 2.09. The SMILES string of the molecule is COc1cccc(-c2c(O)cccc2O)c1. The van der Waals surface area contributed by atoms with Crippen LogP contribution in [0.2, 0.25) is 0 Å². The van der Waals surface area contributed by atoms with Crippen molar-refractivity contribution in [3.63, 3.8) is 0 Å². The van der Waals surface area contributed by atoms with Gasteiger partial charge in [-0.2, -0.15) is 0 Å². The molecule has 0 aliphatic rings. The lowest BCUT2D eigenvalue weighted by atomic mass is 10.0. The zero-order valence-corrected chi connectivity index (χ0v) is 8.84. The summed E-state index contributed by atoms with van der Waals surface area (Å²) in [6.45, 7) is 0. The maximum atomic E-state index is 9.71. The third-order valence-corrected chi connectivity index (χ3v) is 2.38. The van der Waals surface area contributed by atoms with Crippen LogP contribution >= 0.6 is 0 Å². The molecule has 0 aromatic heterocycles. The number of aromatic hydroxyl groups is 2. The fourth-order valence-electron chi connectivity index (χ4n) is 1.60. The largest absolute Gasteiger partial charge is 0.507 e. The van der Waals surface area contributed by atoms with Gasteiger partial charge in [-0.05, 0) is 29.8 Å². The molecule has 2 aromatic rings. The number of hydrogen-bond donors (Lipinski definition) is 2. The van der Waals surface area contributed by atoms with Crippen LogP contribution in [0.3, 0.4) is 0 Å². The predicted octanol–water partition coefficient (Wildman–Crippen LogP) is 2.77. The standard InChI is InChI=1S/C13H12O3/c1-16-10-5-2-4-9(8-10)13-11(14)6-3-7-12(13)15/h2-8,14-15H,1H3. The molecule has 0 fully saturated rings. The fraction of sp³-hybridized carbons (Fsp3) is 0.0769. The molecule has 0 unspecified atom stereocenters. The Labute approximate surface area is 93.6 Å². The van der Waals surface area contributed by atoms with Crippen molar-refractivity contribution in [1.29, 1.82) is 0 Å². The third-order valence-electron chi connectivity index (χ3n) is 2.38. The molecule has 0 radical (unpaired) electrons. The molecule has 3 heteroatoms. The molecule has 0 atom stereocenters. The van der Waals surface area contributed by atoms with Gasteiger partial charge in [0.15, 0.2) is 0 Å². The molecule has 0 bridgehead atoms. The van der Waals surface area contributed by atoms with Crippen molar-refractivity contribution >= 4 is 0 Å². The van der Waals surface area contributed by atoms with Crippen LogP contribution < -0.4 is 4.74 Å². The van der Waals surface area contributed by atoms with Crippen LogP contribution in [-0.2, 0) is 0 Å². The van der Waals surface area contributed by atoms with E-state index in [-0.39, 0.29) is 11.5 Å². The van der Waals surface area contributed by atoms with E-state index < -0.39 is 0 Å². The van der Waals surface area contributed by atoms with Crippen molar-refractivity contribution in [2.75, 3.05) is 7.11 Å². The highest BCUT2D eigenvalue weighted by molar-refractivity contribution is 5.76. The summed E-state index contributed by atoms with van der Waals surface area (Å²) in [5.41, 5.74) is 1.14. The van der Waals surface area contributed by atoms with Crippen LogP contribution in [0.5, 0.6) is 17.2 Å². The molecule has 0 saturated heterocycles. The molecule has 0 spiro atoms. The smallest absolute Gasteiger partial charge is 0.127 e. The summed E-state index contributed by atoms with van der Waals surface area (Å²) in [6, 6.07) is 11.8. The van der Waals surface area contributed by atoms with Crippen molar-refractivity contribution in [3.8, 4) is 28.4 Å². The molecule has 0 aliphatic carbocycles. The summed E-state index contributed by atoms with van der Waals surface area (Å²) in [6.07, 6.45) is 0. The van der Waals surface area contributed by atoms with E-state index in [1.54, 1.807) is 37.4 Å². The number of phenols is 2. The highest BCUT2D eigenvalue weighted by Crippen LogP contribution is 2.37. The van der Waals surface area contributed by atoms with Crippen LogP contribution in [0, 0.1) is 0 Å². The van der Waals surface area contributed by atoms with Crippen molar-refractivity contribution in [2.24, 2.45) is 0 Å². The first kappa shape index (κ1) is 10.4. The molecule has 0 aliphatic heterocycles. The lowest BCUT2D eigenvalue weighted by molar-refractivity contribution is 0.415. The first-order valence-corrected chi connectivity index (χ1v) is 4.87.